The summed E-state index contributed by atoms with van der Waals surface area (Å²) in [5.74, 6) is 0.464. The summed E-state index contributed by atoms with van der Waals surface area (Å²) >= 11 is 0. The lowest BCUT2D eigenvalue weighted by atomic mass is 10.1. The van der Waals surface area contributed by atoms with Crippen LogP contribution in [0.15, 0.2) is 0 Å². The van der Waals surface area contributed by atoms with E-state index in [4.69, 9.17) is 5.11 Å². The second kappa shape index (κ2) is 8.17. The van der Waals surface area contributed by atoms with E-state index in [9.17, 15) is 5.11 Å². The van der Waals surface area contributed by atoms with Crippen LogP contribution in [0.5, 0.6) is 0 Å². The molecule has 4 heteroatoms. The van der Waals surface area contributed by atoms with Crippen LogP contribution in [0, 0.1) is 5.92 Å². The van der Waals surface area contributed by atoms with Crippen LogP contribution < -0.4 is 5.32 Å². The van der Waals surface area contributed by atoms with Crippen LogP contribution >= 0.6 is 0 Å². The fraction of sp³-hybridized carbons (Fsp3) is 1.00. The second-order valence-corrected chi connectivity index (χ2v) is 4.19. The van der Waals surface area contributed by atoms with E-state index >= 15 is 0 Å². The first-order chi connectivity index (χ1) is 6.56. The largest absolute Gasteiger partial charge is 0.396 e. The first kappa shape index (κ1) is 13.8. The summed E-state index contributed by atoms with van der Waals surface area (Å²) in [4.78, 5) is 1.96. The molecule has 0 saturated carbocycles. The third-order valence-corrected chi connectivity index (χ3v) is 2.07. The van der Waals surface area contributed by atoms with E-state index < -0.39 is 0 Å². The van der Waals surface area contributed by atoms with Gasteiger partial charge in [-0.1, -0.05) is 6.92 Å². The van der Waals surface area contributed by atoms with Gasteiger partial charge >= 0.3 is 0 Å². The van der Waals surface area contributed by atoms with Gasteiger partial charge in [0.2, 0.25) is 0 Å². The molecule has 86 valence electrons. The molecule has 0 aromatic carbocycles. The first-order valence-corrected chi connectivity index (χ1v) is 5.20. The van der Waals surface area contributed by atoms with Crippen molar-refractivity contribution in [2.75, 3.05) is 40.3 Å². The summed E-state index contributed by atoms with van der Waals surface area (Å²) in [6, 6.07) is 0. The Labute approximate surface area is 86.9 Å². The molecule has 0 radical (unpaired) electrons. The Kier molecular flexibility index (Phi) is 8.08. The van der Waals surface area contributed by atoms with Gasteiger partial charge in [0.05, 0.1) is 6.10 Å². The minimum atomic E-state index is -0.314. The fourth-order valence-corrected chi connectivity index (χ4v) is 1.30. The Morgan fingerprint density at radius 2 is 1.93 bits per heavy atom. The quantitative estimate of drug-likeness (QED) is 0.500. The Morgan fingerprint density at radius 3 is 2.43 bits per heavy atom. The van der Waals surface area contributed by atoms with Gasteiger partial charge in [-0.2, -0.15) is 0 Å². The lowest BCUT2D eigenvalue weighted by Gasteiger charge is -2.17. The SMILES string of the molecule is CC(CCO)CNCC(O)CN(C)C. The molecule has 0 heterocycles. The van der Waals surface area contributed by atoms with Crippen molar-refractivity contribution in [3.8, 4) is 0 Å². The van der Waals surface area contributed by atoms with E-state index in [1.54, 1.807) is 0 Å². The van der Waals surface area contributed by atoms with Crippen molar-refractivity contribution < 1.29 is 10.2 Å². The normalized spacial score (nSPS) is 15.9. The van der Waals surface area contributed by atoms with E-state index in [-0.39, 0.29) is 12.7 Å². The predicted octanol–water partition coefficient (Wildman–Crippen LogP) is -0.483. The van der Waals surface area contributed by atoms with Crippen molar-refractivity contribution in [2.24, 2.45) is 5.92 Å². The number of nitrogens with one attached hydrogen (secondary N) is 1. The number of rotatable bonds is 8. The number of hydrogen-bond donors (Lipinski definition) is 3. The monoisotopic (exact) mass is 204 g/mol. The van der Waals surface area contributed by atoms with E-state index in [1.165, 1.54) is 0 Å². The maximum atomic E-state index is 9.51. The third-order valence-electron chi connectivity index (χ3n) is 2.07. The molecule has 0 fully saturated rings. The zero-order valence-electron chi connectivity index (χ0n) is 9.53. The van der Waals surface area contributed by atoms with Crippen LogP contribution in [-0.2, 0) is 0 Å². The molecule has 0 bridgehead atoms. The molecule has 0 aliphatic carbocycles. The number of nitrogens with zero attached hydrogens (tertiary/aromatic N) is 1. The van der Waals surface area contributed by atoms with Crippen molar-refractivity contribution in [2.45, 2.75) is 19.4 Å². The smallest absolute Gasteiger partial charge is 0.0791 e. The molecule has 0 rings (SSSR count). The molecule has 0 aliphatic heterocycles. The summed E-state index contributed by atoms with van der Waals surface area (Å²) in [7, 11) is 3.88. The predicted molar refractivity (Wildman–Crippen MR) is 58.3 cm³/mol. The third kappa shape index (κ3) is 8.44. The summed E-state index contributed by atoms with van der Waals surface area (Å²) < 4.78 is 0. The van der Waals surface area contributed by atoms with Gasteiger partial charge in [0.15, 0.2) is 0 Å². The highest BCUT2D eigenvalue weighted by Gasteiger charge is 2.06. The molecule has 14 heavy (non-hydrogen) atoms. The van der Waals surface area contributed by atoms with Gasteiger partial charge in [0, 0.05) is 19.7 Å². The molecular weight excluding hydrogens is 180 g/mol. The Hall–Kier alpha value is -0.160. The molecule has 2 atom stereocenters. The second-order valence-electron chi connectivity index (χ2n) is 4.19. The van der Waals surface area contributed by atoms with Crippen molar-refractivity contribution >= 4 is 0 Å². The molecular formula is C10H24N2O2. The van der Waals surface area contributed by atoms with Crippen LogP contribution in [-0.4, -0.2) is 61.6 Å². The van der Waals surface area contributed by atoms with Gasteiger partial charge in [-0.15, -0.1) is 0 Å². The van der Waals surface area contributed by atoms with Gasteiger partial charge in [-0.05, 0) is 33.0 Å². The summed E-state index contributed by atoms with van der Waals surface area (Å²) in [6.07, 6.45) is 0.503. The summed E-state index contributed by atoms with van der Waals surface area (Å²) in [6.45, 7) is 4.48. The molecule has 0 spiro atoms. The van der Waals surface area contributed by atoms with Crippen LogP contribution in [0.3, 0.4) is 0 Å². The number of aliphatic hydroxyl groups is 2. The first-order valence-electron chi connectivity index (χ1n) is 5.20. The number of likely N-dealkylation sites (N-methyl/N-ethyl adjacent to an activating group) is 1. The van der Waals surface area contributed by atoms with Crippen molar-refractivity contribution in [3.05, 3.63) is 0 Å². The van der Waals surface area contributed by atoms with Gasteiger partial charge in [0.1, 0.15) is 0 Å². The van der Waals surface area contributed by atoms with E-state index in [0.29, 0.717) is 19.0 Å². The van der Waals surface area contributed by atoms with Crippen molar-refractivity contribution in [3.63, 3.8) is 0 Å². The van der Waals surface area contributed by atoms with Gasteiger partial charge in [-0.25, -0.2) is 0 Å². The minimum absolute atomic E-state index is 0.239. The summed E-state index contributed by atoms with van der Waals surface area (Å²) in [5, 5.41) is 21.4. The highest BCUT2D eigenvalue weighted by molar-refractivity contribution is 4.64. The molecule has 2 unspecified atom stereocenters. The molecule has 0 aromatic heterocycles. The lowest BCUT2D eigenvalue weighted by molar-refractivity contribution is 0.133. The van der Waals surface area contributed by atoms with E-state index in [0.717, 1.165) is 13.0 Å². The zero-order valence-corrected chi connectivity index (χ0v) is 9.53. The van der Waals surface area contributed by atoms with Gasteiger partial charge < -0.3 is 20.4 Å². The molecule has 0 amide bonds. The summed E-state index contributed by atoms with van der Waals surface area (Å²) in [5.41, 5.74) is 0. The fourth-order valence-electron chi connectivity index (χ4n) is 1.30. The van der Waals surface area contributed by atoms with Gasteiger partial charge in [-0.3, -0.25) is 0 Å². The highest BCUT2D eigenvalue weighted by atomic mass is 16.3. The van der Waals surface area contributed by atoms with Gasteiger partial charge in [0.25, 0.3) is 0 Å². The molecule has 4 nitrogen and oxygen atoms in total. The standard InChI is InChI=1S/C10H24N2O2/c1-9(4-5-13)6-11-7-10(14)8-12(2)3/h9-11,13-14H,4-8H2,1-3H3. The highest BCUT2D eigenvalue weighted by Crippen LogP contribution is 1.97. The maximum Gasteiger partial charge on any atom is 0.0791 e. The number of aliphatic hydroxyl groups excluding tert-OH is 2. The van der Waals surface area contributed by atoms with Crippen molar-refractivity contribution in [1.29, 1.82) is 0 Å². The Balaban J connectivity index is 3.34. The molecule has 0 saturated heterocycles. The maximum absolute atomic E-state index is 9.51. The molecule has 3 N–H and O–H groups in total. The van der Waals surface area contributed by atoms with Crippen LogP contribution in [0.25, 0.3) is 0 Å². The van der Waals surface area contributed by atoms with Crippen LogP contribution in [0.4, 0.5) is 0 Å². The zero-order chi connectivity index (χ0) is 11.0. The number of hydrogen-bond acceptors (Lipinski definition) is 4. The van der Waals surface area contributed by atoms with E-state index in [1.807, 2.05) is 19.0 Å². The Morgan fingerprint density at radius 1 is 1.29 bits per heavy atom. The van der Waals surface area contributed by atoms with Crippen molar-refractivity contribution in [1.82, 2.24) is 10.2 Å². The topological polar surface area (TPSA) is 55.7 Å². The average Bonchev–Trinajstić information content (AvgIpc) is 2.02. The minimum Gasteiger partial charge on any atom is -0.396 e. The molecule has 0 aromatic rings. The van der Waals surface area contributed by atoms with Crippen LogP contribution in [0.2, 0.25) is 0 Å². The average molecular weight is 204 g/mol. The van der Waals surface area contributed by atoms with E-state index in [2.05, 4.69) is 12.2 Å². The lowest BCUT2D eigenvalue weighted by Crippen LogP contribution is -2.36. The van der Waals surface area contributed by atoms with Crippen LogP contribution in [0.1, 0.15) is 13.3 Å². The molecule has 0 aliphatic rings. The Bertz CT molecular complexity index is 131.